The van der Waals surface area contributed by atoms with Crippen molar-refractivity contribution in [3.63, 3.8) is 0 Å². The van der Waals surface area contributed by atoms with E-state index in [1.165, 1.54) is 0 Å². The second-order valence-electron chi connectivity index (χ2n) is 10.5. The topological polar surface area (TPSA) is 127 Å². The molecule has 0 unspecified atom stereocenters. The molecular weight excluding hydrogens is 510 g/mol. The predicted molar refractivity (Wildman–Crippen MR) is 153 cm³/mol. The molecule has 2 aromatic heterocycles. The Hall–Kier alpha value is -4.20. The fraction of sp³-hybridized carbons (Fsp3) is 0.375. The Morgan fingerprint density at radius 1 is 1.02 bits per heavy atom. The normalized spacial score (nSPS) is 12.9. The maximum atomic E-state index is 13.0. The molecule has 4 aromatic rings. The highest BCUT2D eigenvalue weighted by molar-refractivity contribution is 6.06. The zero-order valence-electron chi connectivity index (χ0n) is 23.6. The summed E-state index contributed by atoms with van der Waals surface area (Å²) >= 11 is 0. The SMILES string of the molecule is CC[C@H](C)[C@@H](CC(=O)CNC(=O)CCc1c(C)c2cc3oc(C)c(-c4ccccc4)c3c(C)c2oc1=O)C(=O)O. The molecule has 0 saturated heterocycles. The van der Waals surface area contributed by atoms with Crippen LogP contribution in [0.15, 0.2) is 50.0 Å². The Labute approximate surface area is 232 Å². The van der Waals surface area contributed by atoms with Gasteiger partial charge in [-0.1, -0.05) is 50.6 Å². The summed E-state index contributed by atoms with van der Waals surface area (Å²) in [5, 5.41) is 13.6. The van der Waals surface area contributed by atoms with E-state index in [4.69, 9.17) is 8.83 Å². The Kier molecular flexibility index (Phi) is 8.57. The van der Waals surface area contributed by atoms with E-state index in [1.807, 2.05) is 64.1 Å². The predicted octanol–water partition coefficient (Wildman–Crippen LogP) is 5.89. The van der Waals surface area contributed by atoms with E-state index in [1.54, 1.807) is 6.92 Å². The molecule has 2 atom stereocenters. The van der Waals surface area contributed by atoms with E-state index in [-0.39, 0.29) is 37.5 Å². The molecule has 2 N–H and O–H groups in total. The molecule has 0 bridgehead atoms. The van der Waals surface area contributed by atoms with E-state index in [0.29, 0.717) is 28.7 Å². The molecule has 0 fully saturated rings. The van der Waals surface area contributed by atoms with E-state index in [9.17, 15) is 24.3 Å². The lowest BCUT2D eigenvalue weighted by atomic mass is 9.87. The van der Waals surface area contributed by atoms with Gasteiger partial charge in [-0.25, -0.2) is 4.79 Å². The average Bonchev–Trinajstić information content (AvgIpc) is 3.27. The van der Waals surface area contributed by atoms with Crippen LogP contribution in [0, 0.1) is 32.6 Å². The van der Waals surface area contributed by atoms with Crippen LogP contribution in [0.3, 0.4) is 0 Å². The number of carboxylic acid groups (broad SMARTS) is 1. The number of fused-ring (bicyclic) bond motifs is 2. The third-order valence-corrected chi connectivity index (χ3v) is 7.89. The largest absolute Gasteiger partial charge is 0.481 e. The van der Waals surface area contributed by atoms with Gasteiger partial charge in [0, 0.05) is 40.3 Å². The second kappa shape index (κ2) is 11.9. The Morgan fingerprint density at radius 3 is 2.38 bits per heavy atom. The number of nitrogens with one attached hydrogen (secondary N) is 1. The first-order valence-corrected chi connectivity index (χ1v) is 13.6. The summed E-state index contributed by atoms with van der Waals surface area (Å²) in [4.78, 5) is 49.3. The number of benzene rings is 2. The van der Waals surface area contributed by atoms with Crippen molar-refractivity contribution in [2.24, 2.45) is 11.8 Å². The fourth-order valence-electron chi connectivity index (χ4n) is 5.33. The highest BCUT2D eigenvalue weighted by atomic mass is 16.4. The van der Waals surface area contributed by atoms with E-state index >= 15 is 0 Å². The Morgan fingerprint density at radius 2 is 1.73 bits per heavy atom. The summed E-state index contributed by atoms with van der Waals surface area (Å²) in [6.45, 7) is 9.08. The Balaban J connectivity index is 1.53. The number of rotatable bonds is 11. The van der Waals surface area contributed by atoms with Gasteiger partial charge in [-0.05, 0) is 50.3 Å². The number of Topliss-reactive ketones (excluding diaryl/α,β-unsaturated/α-hetero) is 1. The van der Waals surface area contributed by atoms with Crippen LogP contribution >= 0.6 is 0 Å². The highest BCUT2D eigenvalue weighted by Gasteiger charge is 2.26. The van der Waals surface area contributed by atoms with Crippen molar-refractivity contribution in [2.45, 2.75) is 60.3 Å². The lowest BCUT2D eigenvalue weighted by Gasteiger charge is -2.17. The van der Waals surface area contributed by atoms with Crippen molar-refractivity contribution in [2.75, 3.05) is 6.54 Å². The van der Waals surface area contributed by atoms with Crippen molar-refractivity contribution >= 4 is 39.6 Å². The van der Waals surface area contributed by atoms with Crippen LogP contribution in [0.2, 0.25) is 0 Å². The lowest BCUT2D eigenvalue weighted by molar-refractivity contribution is -0.145. The van der Waals surface area contributed by atoms with Gasteiger partial charge in [-0.3, -0.25) is 14.4 Å². The van der Waals surface area contributed by atoms with E-state index < -0.39 is 23.4 Å². The number of carboxylic acids is 1. The molecule has 40 heavy (non-hydrogen) atoms. The number of aliphatic carboxylic acids is 1. The summed E-state index contributed by atoms with van der Waals surface area (Å²) < 4.78 is 11.9. The van der Waals surface area contributed by atoms with Crippen molar-refractivity contribution in [3.8, 4) is 11.1 Å². The summed E-state index contributed by atoms with van der Waals surface area (Å²) in [6.07, 6.45) is 0.628. The van der Waals surface area contributed by atoms with Gasteiger partial charge in [0.1, 0.15) is 16.9 Å². The van der Waals surface area contributed by atoms with Gasteiger partial charge in [0.15, 0.2) is 5.78 Å². The van der Waals surface area contributed by atoms with E-state index in [0.717, 1.165) is 33.2 Å². The highest BCUT2D eigenvalue weighted by Crippen LogP contribution is 2.40. The molecule has 0 radical (unpaired) electrons. The van der Waals surface area contributed by atoms with Gasteiger partial charge >= 0.3 is 11.6 Å². The third kappa shape index (κ3) is 5.71. The van der Waals surface area contributed by atoms with Gasteiger partial charge < -0.3 is 19.3 Å². The Bertz CT molecular complexity index is 1650. The number of hydrogen-bond donors (Lipinski definition) is 2. The zero-order valence-corrected chi connectivity index (χ0v) is 23.6. The van der Waals surface area contributed by atoms with Crippen LogP contribution < -0.4 is 10.9 Å². The number of ketones is 1. The minimum atomic E-state index is -1.01. The minimum absolute atomic E-state index is 0.0165. The number of hydrogen-bond acceptors (Lipinski definition) is 6. The molecule has 4 rings (SSSR count). The zero-order chi connectivity index (χ0) is 29.1. The van der Waals surface area contributed by atoms with Gasteiger partial charge in [-0.2, -0.15) is 0 Å². The van der Waals surface area contributed by atoms with Crippen LogP contribution in [-0.2, 0) is 20.8 Å². The number of amides is 1. The summed E-state index contributed by atoms with van der Waals surface area (Å²) in [5.74, 6) is -1.91. The van der Waals surface area contributed by atoms with E-state index in [2.05, 4.69) is 5.32 Å². The van der Waals surface area contributed by atoms with Crippen molar-refractivity contribution in [1.82, 2.24) is 5.32 Å². The van der Waals surface area contributed by atoms with Gasteiger partial charge in [0.25, 0.3) is 0 Å². The molecule has 8 nitrogen and oxygen atoms in total. The maximum absolute atomic E-state index is 13.0. The van der Waals surface area contributed by atoms with Crippen LogP contribution in [-0.4, -0.2) is 29.3 Å². The molecule has 0 spiro atoms. The molecule has 0 aliphatic carbocycles. The first-order chi connectivity index (χ1) is 19.0. The standard InChI is InChI=1S/C32H35NO7/c1-6-17(2)24(31(36)37)14-22(34)16-33-27(35)13-12-23-18(3)25-15-26-28(19(4)30(25)40-32(23)38)29(20(5)39-26)21-10-8-7-9-11-21/h7-11,15,17,24H,6,12-14,16H2,1-5H3,(H,33,35)(H,36,37)/t17-,24+/m0/s1. The van der Waals surface area contributed by atoms with Gasteiger partial charge in [-0.15, -0.1) is 0 Å². The van der Waals surface area contributed by atoms with Gasteiger partial charge in [0.05, 0.1) is 12.5 Å². The van der Waals surface area contributed by atoms with Crippen molar-refractivity contribution in [1.29, 1.82) is 0 Å². The molecular formula is C32H35NO7. The van der Waals surface area contributed by atoms with Crippen LogP contribution in [0.5, 0.6) is 0 Å². The number of furan rings is 1. The molecule has 2 heterocycles. The van der Waals surface area contributed by atoms with Gasteiger partial charge in [0.2, 0.25) is 5.91 Å². The van der Waals surface area contributed by atoms with Crippen LogP contribution in [0.25, 0.3) is 33.1 Å². The summed E-state index contributed by atoms with van der Waals surface area (Å²) in [6, 6.07) is 11.8. The summed E-state index contributed by atoms with van der Waals surface area (Å²) in [5.41, 5.74) is 4.57. The van der Waals surface area contributed by atoms with Crippen LogP contribution in [0.1, 0.15) is 55.6 Å². The monoisotopic (exact) mass is 545 g/mol. The molecule has 2 aromatic carbocycles. The average molecular weight is 546 g/mol. The summed E-state index contributed by atoms with van der Waals surface area (Å²) in [7, 11) is 0. The minimum Gasteiger partial charge on any atom is -0.481 e. The first kappa shape index (κ1) is 28.8. The molecule has 1 amide bonds. The molecule has 8 heteroatoms. The number of aryl methyl sites for hydroxylation is 3. The molecule has 210 valence electrons. The quantitative estimate of drug-likeness (QED) is 0.225. The third-order valence-electron chi connectivity index (χ3n) is 7.89. The fourth-order valence-corrected chi connectivity index (χ4v) is 5.33. The molecule has 0 aliphatic rings. The number of carbonyl (C=O) groups is 3. The van der Waals surface area contributed by atoms with Crippen molar-refractivity contribution in [3.05, 3.63) is 69.3 Å². The van der Waals surface area contributed by atoms with Crippen LogP contribution in [0.4, 0.5) is 0 Å². The maximum Gasteiger partial charge on any atom is 0.339 e. The smallest absolute Gasteiger partial charge is 0.339 e. The second-order valence-corrected chi connectivity index (χ2v) is 10.5. The lowest BCUT2D eigenvalue weighted by Crippen LogP contribution is -2.33. The molecule has 0 aliphatic heterocycles. The van der Waals surface area contributed by atoms with Crippen molar-refractivity contribution < 1.29 is 28.3 Å². The first-order valence-electron chi connectivity index (χ1n) is 13.6. The molecule has 0 saturated carbocycles. The number of carbonyl (C=O) groups excluding carboxylic acids is 2.